The topological polar surface area (TPSA) is 74.2 Å². The molecule has 5 heteroatoms. The van der Waals surface area contributed by atoms with Crippen LogP contribution in [-0.4, -0.2) is 19.7 Å². The first-order valence-corrected chi connectivity index (χ1v) is 5.77. The number of benzene rings is 1. The molecule has 2 heterocycles. The molecule has 1 aromatic carbocycles. The summed E-state index contributed by atoms with van der Waals surface area (Å²) in [6.45, 7) is 0. The molecule has 0 aliphatic carbocycles. The van der Waals surface area contributed by atoms with Crippen molar-refractivity contribution in [1.82, 2.24) is 14.6 Å². The number of aliphatic hydroxyl groups is 1. The van der Waals surface area contributed by atoms with Crippen LogP contribution in [0.3, 0.4) is 0 Å². The van der Waals surface area contributed by atoms with Gasteiger partial charge in [0.15, 0.2) is 11.5 Å². The molecule has 2 aromatic heterocycles. The van der Waals surface area contributed by atoms with E-state index >= 15 is 0 Å². The molecule has 1 unspecified atom stereocenters. The maximum absolute atomic E-state index is 10.3. The van der Waals surface area contributed by atoms with Crippen LogP contribution in [0, 0.1) is 11.3 Å². The molecule has 0 saturated heterocycles. The van der Waals surface area contributed by atoms with Crippen molar-refractivity contribution in [3.8, 4) is 6.07 Å². The first-order valence-electron chi connectivity index (χ1n) is 5.77. The van der Waals surface area contributed by atoms with Crippen molar-refractivity contribution in [1.29, 1.82) is 5.26 Å². The van der Waals surface area contributed by atoms with Crippen molar-refractivity contribution in [3.63, 3.8) is 0 Å². The molecule has 1 atom stereocenters. The Hall–Kier alpha value is -2.71. The summed E-state index contributed by atoms with van der Waals surface area (Å²) in [5.41, 5.74) is 1.81. The summed E-state index contributed by atoms with van der Waals surface area (Å²) >= 11 is 0. The normalized spacial score (nSPS) is 12.2. The van der Waals surface area contributed by atoms with Gasteiger partial charge in [-0.25, -0.2) is 0 Å². The standard InChI is InChI=1S/C14H10N4O/c15-9-10-6-7-18-12(8-10)16-17-14(18)13(19)11-4-2-1-3-5-11/h1-8,13,19H. The molecule has 0 radical (unpaired) electrons. The summed E-state index contributed by atoms with van der Waals surface area (Å²) in [5.74, 6) is 0.436. The summed E-state index contributed by atoms with van der Waals surface area (Å²) in [7, 11) is 0. The molecule has 0 amide bonds. The highest BCUT2D eigenvalue weighted by molar-refractivity contribution is 5.46. The van der Waals surface area contributed by atoms with Crippen LogP contribution in [0.2, 0.25) is 0 Å². The second-order valence-electron chi connectivity index (χ2n) is 4.13. The molecular formula is C14H10N4O. The zero-order valence-corrected chi connectivity index (χ0v) is 9.93. The Morgan fingerprint density at radius 3 is 2.68 bits per heavy atom. The van der Waals surface area contributed by atoms with Gasteiger partial charge in [0, 0.05) is 12.3 Å². The Labute approximate surface area is 109 Å². The minimum absolute atomic E-state index is 0.436. The van der Waals surface area contributed by atoms with E-state index in [1.54, 1.807) is 22.7 Å². The summed E-state index contributed by atoms with van der Waals surface area (Å²) in [6.07, 6.45) is 0.846. The predicted octanol–water partition coefficient (Wildman–Crippen LogP) is 1.68. The Morgan fingerprint density at radius 1 is 1.16 bits per heavy atom. The van der Waals surface area contributed by atoms with Crippen LogP contribution < -0.4 is 0 Å². The number of rotatable bonds is 2. The van der Waals surface area contributed by atoms with Crippen LogP contribution in [-0.2, 0) is 0 Å². The fourth-order valence-corrected chi connectivity index (χ4v) is 1.95. The molecule has 0 bridgehead atoms. The van der Waals surface area contributed by atoms with Gasteiger partial charge in [-0.15, -0.1) is 10.2 Å². The molecule has 1 N–H and O–H groups in total. The number of aromatic nitrogens is 3. The molecule has 0 aliphatic rings. The van der Waals surface area contributed by atoms with Crippen LogP contribution in [0.5, 0.6) is 0 Å². The number of aliphatic hydroxyl groups excluding tert-OH is 1. The van der Waals surface area contributed by atoms with Gasteiger partial charge < -0.3 is 5.11 Å². The van der Waals surface area contributed by atoms with Gasteiger partial charge in [-0.1, -0.05) is 30.3 Å². The lowest BCUT2D eigenvalue weighted by Crippen LogP contribution is -2.05. The van der Waals surface area contributed by atoms with Gasteiger partial charge in [0.25, 0.3) is 0 Å². The number of pyridine rings is 1. The number of nitriles is 1. The summed E-state index contributed by atoms with van der Waals surface area (Å²) in [6, 6.07) is 14.6. The van der Waals surface area contributed by atoms with Crippen molar-refractivity contribution in [2.75, 3.05) is 0 Å². The zero-order valence-electron chi connectivity index (χ0n) is 9.93. The van der Waals surface area contributed by atoms with E-state index in [0.29, 0.717) is 17.0 Å². The van der Waals surface area contributed by atoms with E-state index in [-0.39, 0.29) is 0 Å². The van der Waals surface area contributed by atoms with Crippen LogP contribution in [0.25, 0.3) is 5.65 Å². The fraction of sp³-hybridized carbons (Fsp3) is 0.0714. The van der Waals surface area contributed by atoms with Crippen molar-refractivity contribution in [2.45, 2.75) is 6.10 Å². The molecule has 3 aromatic rings. The Balaban J connectivity index is 2.09. The van der Waals surface area contributed by atoms with E-state index in [9.17, 15) is 5.11 Å². The molecule has 19 heavy (non-hydrogen) atoms. The Kier molecular flexibility index (Phi) is 2.71. The zero-order chi connectivity index (χ0) is 13.2. The second-order valence-corrected chi connectivity index (χ2v) is 4.13. The first-order chi connectivity index (χ1) is 9.29. The van der Waals surface area contributed by atoms with Crippen molar-refractivity contribution >= 4 is 5.65 Å². The highest BCUT2D eigenvalue weighted by Crippen LogP contribution is 2.20. The SMILES string of the molecule is N#Cc1ccn2c(C(O)c3ccccc3)nnc2c1. The van der Waals surface area contributed by atoms with Crippen molar-refractivity contribution in [2.24, 2.45) is 0 Å². The number of nitrogens with zero attached hydrogens (tertiary/aromatic N) is 4. The van der Waals surface area contributed by atoms with Gasteiger partial charge in [-0.2, -0.15) is 5.26 Å². The van der Waals surface area contributed by atoms with Crippen LogP contribution >= 0.6 is 0 Å². The lowest BCUT2D eigenvalue weighted by molar-refractivity contribution is 0.208. The maximum Gasteiger partial charge on any atom is 0.170 e. The number of hydrogen-bond donors (Lipinski definition) is 1. The molecule has 0 spiro atoms. The van der Waals surface area contributed by atoms with E-state index < -0.39 is 6.10 Å². The average molecular weight is 250 g/mol. The molecule has 3 rings (SSSR count). The van der Waals surface area contributed by atoms with Gasteiger partial charge in [0.1, 0.15) is 6.10 Å². The van der Waals surface area contributed by atoms with Gasteiger partial charge >= 0.3 is 0 Å². The number of fused-ring (bicyclic) bond motifs is 1. The number of hydrogen-bond acceptors (Lipinski definition) is 4. The molecule has 0 saturated carbocycles. The van der Waals surface area contributed by atoms with Gasteiger partial charge in [0.2, 0.25) is 0 Å². The van der Waals surface area contributed by atoms with Gasteiger partial charge in [-0.05, 0) is 11.6 Å². The van der Waals surface area contributed by atoms with Crippen LogP contribution in [0.1, 0.15) is 23.1 Å². The second kappa shape index (κ2) is 4.52. The smallest absolute Gasteiger partial charge is 0.170 e. The third-order valence-corrected chi connectivity index (χ3v) is 2.93. The summed E-state index contributed by atoms with van der Waals surface area (Å²) in [4.78, 5) is 0. The van der Waals surface area contributed by atoms with Crippen LogP contribution in [0.4, 0.5) is 0 Å². The average Bonchev–Trinajstić information content (AvgIpc) is 2.90. The van der Waals surface area contributed by atoms with Crippen molar-refractivity contribution in [3.05, 3.63) is 65.6 Å². The minimum Gasteiger partial charge on any atom is -0.380 e. The van der Waals surface area contributed by atoms with E-state index in [0.717, 1.165) is 5.56 Å². The highest BCUT2D eigenvalue weighted by atomic mass is 16.3. The van der Waals surface area contributed by atoms with E-state index in [1.165, 1.54) is 0 Å². The quantitative estimate of drug-likeness (QED) is 0.751. The Bertz CT molecular complexity index is 758. The molecule has 5 nitrogen and oxygen atoms in total. The maximum atomic E-state index is 10.3. The molecule has 92 valence electrons. The van der Waals surface area contributed by atoms with Gasteiger partial charge in [-0.3, -0.25) is 4.40 Å². The molecule has 0 aliphatic heterocycles. The van der Waals surface area contributed by atoms with E-state index in [4.69, 9.17) is 5.26 Å². The third kappa shape index (κ3) is 1.94. The summed E-state index contributed by atoms with van der Waals surface area (Å²) in [5, 5.41) is 27.1. The molecular weight excluding hydrogens is 240 g/mol. The highest BCUT2D eigenvalue weighted by Gasteiger charge is 2.17. The van der Waals surface area contributed by atoms with Gasteiger partial charge in [0.05, 0.1) is 11.6 Å². The van der Waals surface area contributed by atoms with E-state index in [2.05, 4.69) is 10.2 Å². The third-order valence-electron chi connectivity index (χ3n) is 2.93. The largest absolute Gasteiger partial charge is 0.380 e. The fourth-order valence-electron chi connectivity index (χ4n) is 1.95. The first kappa shape index (κ1) is 11.4. The predicted molar refractivity (Wildman–Crippen MR) is 68.2 cm³/mol. The Morgan fingerprint density at radius 2 is 1.95 bits per heavy atom. The minimum atomic E-state index is -0.843. The van der Waals surface area contributed by atoms with Crippen LogP contribution in [0.15, 0.2) is 48.7 Å². The monoisotopic (exact) mass is 250 g/mol. The lowest BCUT2D eigenvalue weighted by atomic mass is 10.1. The lowest BCUT2D eigenvalue weighted by Gasteiger charge is -2.08. The van der Waals surface area contributed by atoms with E-state index in [1.807, 2.05) is 36.4 Å². The van der Waals surface area contributed by atoms with Crippen molar-refractivity contribution < 1.29 is 5.11 Å². The molecule has 0 fully saturated rings. The summed E-state index contributed by atoms with van der Waals surface area (Å²) < 4.78 is 1.68.